The average molecular weight is 646 g/mol. The summed E-state index contributed by atoms with van der Waals surface area (Å²) >= 11 is 0. The second-order valence-electron chi connectivity index (χ2n) is 13.2. The Hall–Kier alpha value is -1.69. The van der Waals surface area contributed by atoms with Crippen molar-refractivity contribution in [2.24, 2.45) is 0 Å². The van der Waals surface area contributed by atoms with Crippen molar-refractivity contribution in [2.45, 2.75) is 199 Å². The highest BCUT2D eigenvalue weighted by Gasteiger charge is 2.20. The molecular formula is C41H75NO4. The van der Waals surface area contributed by atoms with Gasteiger partial charge in [-0.15, -0.1) is 0 Å². The summed E-state index contributed by atoms with van der Waals surface area (Å²) in [5.41, 5.74) is 0. The van der Waals surface area contributed by atoms with Crippen LogP contribution < -0.4 is 5.32 Å². The Balaban J connectivity index is 3.80. The third kappa shape index (κ3) is 32.3. The lowest BCUT2D eigenvalue weighted by Gasteiger charge is -2.20. The molecule has 0 aliphatic heterocycles. The van der Waals surface area contributed by atoms with Crippen molar-refractivity contribution in [1.29, 1.82) is 0 Å². The van der Waals surface area contributed by atoms with Crippen LogP contribution in [0.25, 0.3) is 0 Å². The fourth-order valence-corrected chi connectivity index (χ4v) is 5.54. The zero-order chi connectivity index (χ0) is 33.8. The van der Waals surface area contributed by atoms with E-state index in [0.29, 0.717) is 6.42 Å². The standard InChI is InChI=1S/C41H75NO4/c1-3-5-7-9-11-13-15-17-19-20-21-22-24-26-28-30-32-34-38(44)36-41(46)42-39(37-43)40(45)35-33-31-29-27-25-23-18-16-14-12-10-8-6-4-2/h14,16,20-21,25,27,33,35,38-40,43-45H,3-13,15,17-19,22-24,26,28-32,34,36-37H2,1-2H3,(H,42,46)/b16-14+,21-20-,27-25+,35-33+. The molecule has 0 aliphatic rings. The molecule has 0 spiro atoms. The van der Waals surface area contributed by atoms with E-state index in [2.05, 4.69) is 55.6 Å². The van der Waals surface area contributed by atoms with Crippen LogP contribution in [0, 0.1) is 0 Å². The van der Waals surface area contributed by atoms with Gasteiger partial charge in [0.25, 0.3) is 0 Å². The van der Waals surface area contributed by atoms with Crippen molar-refractivity contribution in [3.8, 4) is 0 Å². The van der Waals surface area contributed by atoms with Gasteiger partial charge in [0.1, 0.15) is 0 Å². The number of aliphatic hydroxyl groups is 3. The molecule has 0 rings (SSSR count). The molecule has 3 atom stereocenters. The van der Waals surface area contributed by atoms with Gasteiger partial charge in [0.05, 0.1) is 31.3 Å². The summed E-state index contributed by atoms with van der Waals surface area (Å²) < 4.78 is 0. The molecule has 0 saturated carbocycles. The zero-order valence-corrected chi connectivity index (χ0v) is 30.2. The van der Waals surface area contributed by atoms with E-state index in [4.69, 9.17) is 0 Å². The first-order chi connectivity index (χ1) is 22.5. The van der Waals surface area contributed by atoms with E-state index in [1.807, 2.05) is 6.08 Å². The molecule has 1 amide bonds. The van der Waals surface area contributed by atoms with Crippen LogP contribution in [0.4, 0.5) is 0 Å². The van der Waals surface area contributed by atoms with Crippen LogP contribution in [0.5, 0.6) is 0 Å². The van der Waals surface area contributed by atoms with Crippen molar-refractivity contribution < 1.29 is 20.1 Å². The lowest BCUT2D eigenvalue weighted by atomic mass is 10.0. The minimum absolute atomic E-state index is 0.00454. The molecular weight excluding hydrogens is 570 g/mol. The summed E-state index contributed by atoms with van der Waals surface area (Å²) in [5, 5.41) is 33.0. The summed E-state index contributed by atoms with van der Waals surface area (Å²) in [5.74, 6) is -0.337. The van der Waals surface area contributed by atoms with Crippen LogP contribution in [0.1, 0.15) is 181 Å². The van der Waals surface area contributed by atoms with Gasteiger partial charge in [-0.1, -0.05) is 152 Å². The smallest absolute Gasteiger partial charge is 0.222 e. The second-order valence-corrected chi connectivity index (χ2v) is 13.2. The molecule has 0 fully saturated rings. The number of nitrogens with one attached hydrogen (secondary N) is 1. The first-order valence-corrected chi connectivity index (χ1v) is 19.4. The fourth-order valence-electron chi connectivity index (χ4n) is 5.54. The number of carbonyl (C=O) groups is 1. The third-order valence-electron chi connectivity index (χ3n) is 8.57. The van der Waals surface area contributed by atoms with Gasteiger partial charge >= 0.3 is 0 Å². The predicted octanol–water partition coefficient (Wildman–Crippen LogP) is 10.6. The fraction of sp³-hybridized carbons (Fsp3) is 0.780. The summed E-state index contributed by atoms with van der Waals surface area (Å²) in [6.07, 6.45) is 45.2. The van der Waals surface area contributed by atoms with E-state index in [-0.39, 0.29) is 18.9 Å². The van der Waals surface area contributed by atoms with Gasteiger partial charge in [0.2, 0.25) is 5.91 Å². The largest absolute Gasteiger partial charge is 0.394 e. The molecule has 3 unspecified atom stereocenters. The Morgan fingerprint density at radius 2 is 0.935 bits per heavy atom. The summed E-state index contributed by atoms with van der Waals surface area (Å²) in [6.45, 7) is 4.15. The number of hydrogen-bond donors (Lipinski definition) is 4. The summed E-state index contributed by atoms with van der Waals surface area (Å²) in [6, 6.07) is -0.769. The number of amides is 1. The molecule has 0 aliphatic carbocycles. The van der Waals surface area contributed by atoms with Crippen LogP contribution in [0.2, 0.25) is 0 Å². The van der Waals surface area contributed by atoms with Crippen LogP contribution in [0.3, 0.4) is 0 Å². The van der Waals surface area contributed by atoms with E-state index in [1.54, 1.807) is 6.08 Å². The van der Waals surface area contributed by atoms with Crippen molar-refractivity contribution in [3.05, 3.63) is 48.6 Å². The molecule has 0 bridgehead atoms. The molecule has 0 aromatic rings. The van der Waals surface area contributed by atoms with Crippen molar-refractivity contribution in [3.63, 3.8) is 0 Å². The normalized spacial score (nSPS) is 14.3. The highest BCUT2D eigenvalue weighted by molar-refractivity contribution is 5.76. The number of carbonyl (C=O) groups excluding carboxylic acids is 1. The molecule has 0 saturated heterocycles. The Labute approximate surface area is 285 Å². The lowest BCUT2D eigenvalue weighted by molar-refractivity contribution is -0.124. The SMILES string of the molecule is CCCCCC/C=C/CC/C=C/CC/C=C/C(O)C(CO)NC(=O)CC(O)CCCCCCC/C=C\CCCCCCCCCC. The minimum atomic E-state index is -0.961. The second kappa shape index (κ2) is 36.2. The molecule has 5 nitrogen and oxygen atoms in total. The van der Waals surface area contributed by atoms with Gasteiger partial charge < -0.3 is 20.6 Å². The number of aliphatic hydroxyl groups excluding tert-OH is 3. The number of unbranched alkanes of at least 4 members (excludes halogenated alkanes) is 19. The van der Waals surface area contributed by atoms with Crippen LogP contribution in [-0.4, -0.2) is 46.1 Å². The Kier molecular flexibility index (Phi) is 34.8. The maximum atomic E-state index is 12.4. The first kappa shape index (κ1) is 44.3. The number of allylic oxidation sites excluding steroid dienone is 7. The van der Waals surface area contributed by atoms with Gasteiger partial charge in [-0.25, -0.2) is 0 Å². The van der Waals surface area contributed by atoms with Crippen molar-refractivity contribution in [2.75, 3.05) is 6.61 Å². The van der Waals surface area contributed by atoms with E-state index in [1.165, 1.54) is 103 Å². The molecule has 4 N–H and O–H groups in total. The minimum Gasteiger partial charge on any atom is -0.394 e. The van der Waals surface area contributed by atoms with Crippen LogP contribution in [0.15, 0.2) is 48.6 Å². The molecule has 46 heavy (non-hydrogen) atoms. The van der Waals surface area contributed by atoms with E-state index < -0.39 is 18.2 Å². The Morgan fingerprint density at radius 1 is 0.543 bits per heavy atom. The highest BCUT2D eigenvalue weighted by Crippen LogP contribution is 2.13. The molecule has 268 valence electrons. The van der Waals surface area contributed by atoms with Gasteiger partial charge in [-0.2, -0.15) is 0 Å². The quantitative estimate of drug-likeness (QED) is 0.0414. The molecule has 0 radical (unpaired) electrons. The van der Waals surface area contributed by atoms with Gasteiger partial charge in [0, 0.05) is 0 Å². The topological polar surface area (TPSA) is 89.8 Å². The lowest BCUT2D eigenvalue weighted by Crippen LogP contribution is -2.45. The maximum Gasteiger partial charge on any atom is 0.222 e. The summed E-state index contributed by atoms with van der Waals surface area (Å²) in [7, 11) is 0. The van der Waals surface area contributed by atoms with Crippen LogP contribution in [-0.2, 0) is 4.79 Å². The van der Waals surface area contributed by atoms with Gasteiger partial charge in [0.15, 0.2) is 0 Å². The average Bonchev–Trinajstić information content (AvgIpc) is 3.05. The molecule has 0 heterocycles. The van der Waals surface area contributed by atoms with Crippen molar-refractivity contribution in [1.82, 2.24) is 5.32 Å². The van der Waals surface area contributed by atoms with E-state index >= 15 is 0 Å². The number of hydrogen-bond acceptors (Lipinski definition) is 4. The zero-order valence-electron chi connectivity index (χ0n) is 30.2. The van der Waals surface area contributed by atoms with E-state index in [0.717, 1.165) is 51.4 Å². The third-order valence-corrected chi connectivity index (χ3v) is 8.57. The van der Waals surface area contributed by atoms with Gasteiger partial charge in [-0.05, 0) is 70.6 Å². The molecule has 5 heteroatoms. The highest BCUT2D eigenvalue weighted by atomic mass is 16.3. The van der Waals surface area contributed by atoms with Crippen molar-refractivity contribution >= 4 is 5.91 Å². The predicted molar refractivity (Wildman–Crippen MR) is 199 cm³/mol. The Bertz CT molecular complexity index is 760. The number of rotatable bonds is 34. The maximum absolute atomic E-state index is 12.4. The first-order valence-electron chi connectivity index (χ1n) is 19.4. The van der Waals surface area contributed by atoms with E-state index in [9.17, 15) is 20.1 Å². The monoisotopic (exact) mass is 646 g/mol. The Morgan fingerprint density at radius 3 is 1.41 bits per heavy atom. The molecule has 0 aromatic carbocycles. The van der Waals surface area contributed by atoms with Crippen LogP contribution >= 0.6 is 0 Å². The van der Waals surface area contributed by atoms with Gasteiger partial charge in [-0.3, -0.25) is 4.79 Å². The summed E-state index contributed by atoms with van der Waals surface area (Å²) in [4.78, 5) is 12.4. The molecule has 0 aromatic heterocycles.